The summed E-state index contributed by atoms with van der Waals surface area (Å²) >= 11 is 0. The Bertz CT molecular complexity index is 1410. The summed E-state index contributed by atoms with van der Waals surface area (Å²) in [6, 6.07) is 15.4. The molecular weight excluding hydrogens is 433 g/mol. The van der Waals surface area contributed by atoms with E-state index in [1.165, 1.54) is 18.2 Å². The summed E-state index contributed by atoms with van der Waals surface area (Å²) in [7, 11) is 0. The van der Waals surface area contributed by atoms with Crippen LogP contribution in [-0.2, 0) is 0 Å². The quantitative estimate of drug-likeness (QED) is 0.342. The molecule has 0 radical (unpaired) electrons. The van der Waals surface area contributed by atoms with Gasteiger partial charge in [-0.15, -0.1) is 0 Å². The Hall–Kier alpha value is -4.15. The number of fused-ring (bicyclic) bond motifs is 1. The van der Waals surface area contributed by atoms with Crippen molar-refractivity contribution in [1.29, 1.82) is 0 Å². The number of aliphatic hydroxyl groups is 1. The number of pyridine rings is 1. The topological polar surface area (TPSA) is 98.2 Å². The molecule has 7 heteroatoms. The number of carbonyl (C=O) groups is 1. The molecule has 34 heavy (non-hydrogen) atoms. The third-order valence-electron chi connectivity index (χ3n) is 5.14. The number of aromatic hydroxyl groups is 1. The second kappa shape index (κ2) is 9.00. The molecule has 0 unspecified atom stereocenters. The van der Waals surface area contributed by atoms with Crippen molar-refractivity contribution in [1.82, 2.24) is 15.3 Å². The lowest BCUT2D eigenvalue weighted by Gasteiger charge is -2.19. The molecule has 0 aliphatic rings. The highest BCUT2D eigenvalue weighted by atomic mass is 19.1. The van der Waals surface area contributed by atoms with E-state index in [0.29, 0.717) is 17.0 Å². The lowest BCUT2D eigenvalue weighted by atomic mass is 10.0. The first-order valence-corrected chi connectivity index (χ1v) is 10.7. The Morgan fingerprint density at radius 2 is 1.91 bits per heavy atom. The zero-order chi connectivity index (χ0) is 24.5. The summed E-state index contributed by atoms with van der Waals surface area (Å²) in [4.78, 5) is 20.8. The number of halogens is 1. The predicted molar refractivity (Wildman–Crippen MR) is 128 cm³/mol. The molecule has 0 saturated heterocycles. The Balaban J connectivity index is 1.75. The van der Waals surface area contributed by atoms with Crippen molar-refractivity contribution >= 4 is 16.8 Å². The molecule has 0 aliphatic carbocycles. The maximum absolute atomic E-state index is 14.1. The normalized spacial score (nSPS) is 12.1. The van der Waals surface area contributed by atoms with Crippen molar-refractivity contribution in [3.63, 3.8) is 0 Å². The van der Waals surface area contributed by atoms with Crippen molar-refractivity contribution in [3.8, 4) is 17.6 Å². The van der Waals surface area contributed by atoms with Crippen LogP contribution >= 0.6 is 0 Å². The van der Waals surface area contributed by atoms with E-state index >= 15 is 0 Å². The Kier molecular flexibility index (Phi) is 6.10. The maximum atomic E-state index is 14.1. The van der Waals surface area contributed by atoms with E-state index in [2.05, 4.69) is 27.1 Å². The highest BCUT2D eigenvalue weighted by Gasteiger charge is 2.24. The number of amides is 1. The number of nitrogens with one attached hydrogen (secondary N) is 2. The minimum absolute atomic E-state index is 0.108. The van der Waals surface area contributed by atoms with Gasteiger partial charge < -0.3 is 20.5 Å². The van der Waals surface area contributed by atoms with Gasteiger partial charge in [-0.05, 0) is 68.6 Å². The van der Waals surface area contributed by atoms with Crippen LogP contribution in [0.5, 0.6) is 5.75 Å². The van der Waals surface area contributed by atoms with Gasteiger partial charge >= 0.3 is 0 Å². The molecule has 2 heterocycles. The third-order valence-corrected chi connectivity index (χ3v) is 5.14. The molecule has 1 atom stereocenters. The van der Waals surface area contributed by atoms with E-state index in [4.69, 9.17) is 0 Å². The molecule has 0 aliphatic heterocycles. The van der Waals surface area contributed by atoms with Gasteiger partial charge in [0.15, 0.2) is 0 Å². The highest BCUT2D eigenvalue weighted by molar-refractivity contribution is 5.93. The Labute approximate surface area is 196 Å². The number of hydrogen-bond donors (Lipinski definition) is 4. The van der Waals surface area contributed by atoms with E-state index in [0.717, 1.165) is 17.0 Å². The number of phenolic OH excluding ortho intramolecular Hbond substituents is 1. The second-order valence-corrected chi connectivity index (χ2v) is 8.61. The van der Waals surface area contributed by atoms with Crippen LogP contribution in [0, 0.1) is 24.6 Å². The molecule has 4 N–H and O–H groups in total. The van der Waals surface area contributed by atoms with Gasteiger partial charge in [0, 0.05) is 28.0 Å². The first-order valence-electron chi connectivity index (χ1n) is 10.7. The molecule has 0 saturated carbocycles. The van der Waals surface area contributed by atoms with Crippen LogP contribution in [-0.4, -0.2) is 31.7 Å². The van der Waals surface area contributed by atoms with E-state index in [9.17, 15) is 19.4 Å². The van der Waals surface area contributed by atoms with Gasteiger partial charge in [0.1, 0.15) is 22.9 Å². The SMILES string of the molecule is Cc1cc(C#CC(C)(C)O)cc(C(=O)N[C@H](c2cc3ccccc3[nH]2)c2cc(F)ccc2O)n1. The van der Waals surface area contributed by atoms with Crippen LogP contribution in [0.4, 0.5) is 4.39 Å². The largest absolute Gasteiger partial charge is 0.508 e. The first kappa shape index (κ1) is 23.0. The molecular formula is C27H24FN3O3. The number of hydrogen-bond acceptors (Lipinski definition) is 4. The van der Waals surface area contributed by atoms with Crippen LogP contribution in [0.3, 0.4) is 0 Å². The zero-order valence-electron chi connectivity index (χ0n) is 19.0. The lowest BCUT2D eigenvalue weighted by Crippen LogP contribution is -2.30. The fourth-order valence-electron chi connectivity index (χ4n) is 3.62. The van der Waals surface area contributed by atoms with Crippen LogP contribution in [0.25, 0.3) is 10.9 Å². The lowest BCUT2D eigenvalue weighted by molar-refractivity contribution is 0.0936. The van der Waals surface area contributed by atoms with Crippen LogP contribution in [0.1, 0.15) is 52.9 Å². The van der Waals surface area contributed by atoms with E-state index in [1.807, 2.05) is 30.3 Å². The van der Waals surface area contributed by atoms with E-state index < -0.39 is 23.4 Å². The minimum atomic E-state index is -1.19. The number of H-pyrrole nitrogens is 1. The fourth-order valence-corrected chi connectivity index (χ4v) is 3.62. The predicted octanol–water partition coefficient (Wildman–Crippen LogP) is 4.36. The van der Waals surface area contributed by atoms with Gasteiger partial charge in [0.2, 0.25) is 0 Å². The van der Waals surface area contributed by atoms with Gasteiger partial charge in [0.05, 0.1) is 6.04 Å². The fraction of sp³-hybridized carbons (Fsp3) is 0.185. The van der Waals surface area contributed by atoms with E-state index in [1.54, 1.807) is 26.8 Å². The summed E-state index contributed by atoms with van der Waals surface area (Å²) in [5.41, 5.74) is 1.64. The summed E-state index contributed by atoms with van der Waals surface area (Å²) in [6.07, 6.45) is 0. The molecule has 4 rings (SSSR count). The molecule has 1 amide bonds. The summed E-state index contributed by atoms with van der Waals surface area (Å²) in [5, 5.41) is 24.1. The van der Waals surface area contributed by atoms with Gasteiger partial charge in [-0.2, -0.15) is 0 Å². The summed E-state index contributed by atoms with van der Waals surface area (Å²) in [5.74, 6) is 4.36. The monoisotopic (exact) mass is 457 g/mol. The van der Waals surface area contributed by atoms with Crippen LogP contribution in [0.2, 0.25) is 0 Å². The van der Waals surface area contributed by atoms with Gasteiger partial charge in [-0.25, -0.2) is 9.37 Å². The van der Waals surface area contributed by atoms with Crippen molar-refractivity contribution in [3.05, 3.63) is 94.7 Å². The van der Waals surface area contributed by atoms with E-state index in [-0.39, 0.29) is 17.0 Å². The maximum Gasteiger partial charge on any atom is 0.270 e. The molecule has 0 bridgehead atoms. The number of para-hydroxylation sites is 1. The number of carbonyl (C=O) groups excluding carboxylic acids is 1. The zero-order valence-corrected chi connectivity index (χ0v) is 19.0. The molecule has 0 fully saturated rings. The third kappa shape index (κ3) is 5.25. The number of rotatable bonds is 4. The van der Waals surface area contributed by atoms with Crippen LogP contribution < -0.4 is 5.32 Å². The molecule has 172 valence electrons. The number of aryl methyl sites for hydroxylation is 1. The summed E-state index contributed by atoms with van der Waals surface area (Å²) < 4.78 is 14.1. The second-order valence-electron chi connectivity index (χ2n) is 8.61. The molecule has 6 nitrogen and oxygen atoms in total. The Morgan fingerprint density at radius 3 is 2.65 bits per heavy atom. The van der Waals surface area contributed by atoms with Crippen molar-refractivity contribution in [2.24, 2.45) is 0 Å². The standard InChI is InChI=1S/C27H24FN3O3/c1-16-12-17(10-11-27(2,3)34)13-23(29-16)26(33)31-25(20-15-19(28)8-9-24(20)32)22-14-18-6-4-5-7-21(18)30-22/h4-9,12-15,25,30,32,34H,1-3H3,(H,31,33)/t25-/m0/s1. The molecule has 4 aromatic rings. The highest BCUT2D eigenvalue weighted by Crippen LogP contribution is 2.31. The molecule has 2 aromatic carbocycles. The minimum Gasteiger partial charge on any atom is -0.508 e. The van der Waals surface area contributed by atoms with Crippen molar-refractivity contribution < 1.29 is 19.4 Å². The summed E-state index contributed by atoms with van der Waals surface area (Å²) in [6.45, 7) is 4.87. The van der Waals surface area contributed by atoms with Gasteiger partial charge in [-0.3, -0.25) is 4.79 Å². The van der Waals surface area contributed by atoms with Gasteiger partial charge in [0.25, 0.3) is 5.91 Å². The Morgan fingerprint density at radius 1 is 1.15 bits per heavy atom. The number of aromatic amines is 1. The smallest absolute Gasteiger partial charge is 0.270 e. The molecule has 0 spiro atoms. The molecule has 2 aromatic heterocycles. The average Bonchev–Trinajstić information content (AvgIpc) is 3.21. The number of nitrogens with zero attached hydrogens (tertiary/aromatic N) is 1. The van der Waals surface area contributed by atoms with Gasteiger partial charge in [-0.1, -0.05) is 30.0 Å². The van der Waals surface area contributed by atoms with Crippen molar-refractivity contribution in [2.75, 3.05) is 0 Å². The number of phenols is 1. The first-order chi connectivity index (χ1) is 16.1. The average molecular weight is 458 g/mol. The van der Waals surface area contributed by atoms with Crippen LogP contribution in [0.15, 0.2) is 60.7 Å². The number of benzene rings is 2. The van der Waals surface area contributed by atoms with Crippen molar-refractivity contribution in [2.45, 2.75) is 32.4 Å². The number of aromatic nitrogens is 2.